The van der Waals surface area contributed by atoms with Gasteiger partial charge in [-0.2, -0.15) is 0 Å². The van der Waals surface area contributed by atoms with Crippen molar-refractivity contribution >= 4 is 22.3 Å². The first-order valence-electron chi connectivity index (χ1n) is 7.86. The van der Waals surface area contributed by atoms with Crippen molar-refractivity contribution in [3.05, 3.63) is 70.9 Å². The fraction of sp³-hybridized carbons (Fsp3) is 0.200. The van der Waals surface area contributed by atoms with Gasteiger partial charge in [0.1, 0.15) is 11.9 Å². The molecule has 0 aromatic heterocycles. The molecule has 0 aliphatic carbocycles. The van der Waals surface area contributed by atoms with Crippen LogP contribution in [0.1, 0.15) is 25.8 Å². The molecule has 0 saturated carbocycles. The van der Waals surface area contributed by atoms with Crippen LogP contribution < -0.4 is 5.32 Å². The molecule has 0 saturated heterocycles. The highest BCUT2D eigenvalue weighted by Gasteiger charge is 2.30. The summed E-state index contributed by atoms with van der Waals surface area (Å²) in [5.74, 6) is 0.0978. The molecule has 0 amide bonds. The number of ketones is 1. The molecule has 1 unspecified atom stereocenters. The van der Waals surface area contributed by atoms with Gasteiger partial charge in [-0.1, -0.05) is 36.4 Å². The molecule has 23 heavy (non-hydrogen) atoms. The second-order valence-electron chi connectivity index (χ2n) is 6.22. The van der Waals surface area contributed by atoms with Crippen molar-refractivity contribution in [3.63, 3.8) is 0 Å². The van der Waals surface area contributed by atoms with Gasteiger partial charge in [0, 0.05) is 17.7 Å². The summed E-state index contributed by atoms with van der Waals surface area (Å²) in [5.41, 5.74) is 4.82. The van der Waals surface area contributed by atoms with Gasteiger partial charge in [0.25, 0.3) is 0 Å². The fourth-order valence-corrected chi connectivity index (χ4v) is 3.35. The van der Waals surface area contributed by atoms with Crippen molar-refractivity contribution in [2.75, 3.05) is 0 Å². The maximum atomic E-state index is 12.6. The van der Waals surface area contributed by atoms with E-state index >= 15 is 0 Å². The molecule has 1 N–H and O–H groups in total. The van der Waals surface area contributed by atoms with Crippen LogP contribution in [0.3, 0.4) is 0 Å². The number of Topliss-reactive ketones (excluding diaryl/α,β-unsaturated/α-hetero) is 1. The molecule has 3 heteroatoms. The molecular weight excluding hydrogens is 284 g/mol. The van der Waals surface area contributed by atoms with Crippen molar-refractivity contribution in [2.45, 2.75) is 26.4 Å². The highest BCUT2D eigenvalue weighted by molar-refractivity contribution is 6.47. The average molecular weight is 302 g/mol. The number of dihydropyridines is 1. The van der Waals surface area contributed by atoms with Crippen molar-refractivity contribution < 1.29 is 4.79 Å². The molecule has 2 aromatic carbocycles. The van der Waals surface area contributed by atoms with Crippen LogP contribution in [0.5, 0.6) is 0 Å². The van der Waals surface area contributed by atoms with Crippen LogP contribution in [-0.2, 0) is 4.79 Å². The van der Waals surface area contributed by atoms with Gasteiger partial charge in [0.15, 0.2) is 5.78 Å². The number of nitrogens with one attached hydrogen (secondary N) is 1. The van der Waals surface area contributed by atoms with Gasteiger partial charge in [-0.25, -0.2) is 0 Å². The van der Waals surface area contributed by atoms with Gasteiger partial charge in [-0.05, 0) is 47.9 Å². The van der Waals surface area contributed by atoms with Crippen LogP contribution in [0.4, 0.5) is 0 Å². The topological polar surface area (TPSA) is 41.5 Å². The van der Waals surface area contributed by atoms with E-state index in [9.17, 15) is 4.79 Å². The number of benzene rings is 2. The van der Waals surface area contributed by atoms with E-state index in [0.29, 0.717) is 12.1 Å². The number of aliphatic imine (C=N–C) groups is 1. The smallest absolute Gasteiger partial charge is 0.185 e. The molecular formula is C20H18N2O. The van der Waals surface area contributed by atoms with E-state index in [0.717, 1.165) is 27.8 Å². The third kappa shape index (κ3) is 2.38. The summed E-state index contributed by atoms with van der Waals surface area (Å²) in [7, 11) is 0. The van der Waals surface area contributed by atoms with E-state index in [2.05, 4.69) is 42.6 Å². The van der Waals surface area contributed by atoms with Gasteiger partial charge in [-0.3, -0.25) is 9.79 Å². The molecule has 2 aliphatic rings. The molecule has 4 rings (SSSR count). The lowest BCUT2D eigenvalue weighted by Gasteiger charge is -2.29. The Hall–Kier alpha value is -2.68. The standard InChI is InChI=1S/C20H18N2O/c1-12-9-13(2)21-20-17(12)11-18(23)19(22-20)16-8-7-14-5-3-4-6-15(14)10-16/h3-10,20-21H,11H2,1-2H3. The number of carbonyl (C=O) groups is 1. The highest BCUT2D eigenvalue weighted by atomic mass is 16.1. The van der Waals surface area contributed by atoms with E-state index in [1.54, 1.807) is 0 Å². The van der Waals surface area contributed by atoms with Gasteiger partial charge in [0.2, 0.25) is 0 Å². The number of nitrogens with zero attached hydrogens (tertiary/aromatic N) is 1. The predicted molar refractivity (Wildman–Crippen MR) is 93.5 cm³/mol. The SMILES string of the molecule is CC1=CC(C)=C2CC(=O)C(c3ccc4ccccc4c3)=NC2N1. The summed E-state index contributed by atoms with van der Waals surface area (Å²) in [6.45, 7) is 4.08. The summed E-state index contributed by atoms with van der Waals surface area (Å²) in [6, 6.07) is 14.3. The minimum absolute atomic E-state index is 0.0978. The minimum atomic E-state index is -0.112. The van der Waals surface area contributed by atoms with E-state index in [1.807, 2.05) is 25.1 Å². The summed E-state index contributed by atoms with van der Waals surface area (Å²) < 4.78 is 0. The van der Waals surface area contributed by atoms with E-state index in [-0.39, 0.29) is 11.9 Å². The molecule has 0 fully saturated rings. The maximum absolute atomic E-state index is 12.6. The number of carbonyl (C=O) groups excluding carboxylic acids is 1. The van der Waals surface area contributed by atoms with Gasteiger partial charge < -0.3 is 5.32 Å². The Morgan fingerprint density at radius 1 is 1.09 bits per heavy atom. The highest BCUT2D eigenvalue weighted by Crippen LogP contribution is 2.28. The van der Waals surface area contributed by atoms with Gasteiger partial charge >= 0.3 is 0 Å². The Morgan fingerprint density at radius 2 is 1.87 bits per heavy atom. The van der Waals surface area contributed by atoms with Crippen LogP contribution in [-0.4, -0.2) is 17.7 Å². The summed E-state index contributed by atoms with van der Waals surface area (Å²) in [4.78, 5) is 17.3. The first-order chi connectivity index (χ1) is 11.1. The number of rotatable bonds is 1. The normalized spacial score (nSPS) is 20.8. The summed E-state index contributed by atoms with van der Waals surface area (Å²) >= 11 is 0. The summed E-state index contributed by atoms with van der Waals surface area (Å²) in [5, 5.41) is 5.67. The van der Waals surface area contributed by atoms with E-state index in [1.165, 1.54) is 5.39 Å². The molecule has 1 atom stereocenters. The first kappa shape index (κ1) is 13.9. The predicted octanol–water partition coefficient (Wildman–Crippen LogP) is 3.75. The Balaban J connectivity index is 1.80. The largest absolute Gasteiger partial charge is 0.364 e. The van der Waals surface area contributed by atoms with Crippen LogP contribution in [0.15, 0.2) is 70.4 Å². The zero-order valence-corrected chi connectivity index (χ0v) is 13.3. The third-order valence-corrected chi connectivity index (χ3v) is 4.53. The molecule has 0 bridgehead atoms. The average Bonchev–Trinajstić information content (AvgIpc) is 2.54. The second-order valence-corrected chi connectivity index (χ2v) is 6.22. The molecule has 114 valence electrons. The monoisotopic (exact) mass is 302 g/mol. The van der Waals surface area contributed by atoms with Crippen molar-refractivity contribution in [1.82, 2.24) is 5.32 Å². The summed E-state index contributed by atoms with van der Waals surface area (Å²) in [6.07, 6.45) is 2.41. The fourth-order valence-electron chi connectivity index (χ4n) is 3.35. The maximum Gasteiger partial charge on any atom is 0.185 e. The number of fused-ring (bicyclic) bond motifs is 2. The number of hydrogen-bond acceptors (Lipinski definition) is 3. The van der Waals surface area contributed by atoms with Gasteiger partial charge in [0.05, 0.1) is 0 Å². The lowest BCUT2D eigenvalue weighted by Crippen LogP contribution is -2.38. The lowest BCUT2D eigenvalue weighted by molar-refractivity contribution is -0.112. The number of hydrogen-bond donors (Lipinski definition) is 1. The molecule has 2 heterocycles. The third-order valence-electron chi connectivity index (χ3n) is 4.53. The lowest BCUT2D eigenvalue weighted by atomic mass is 9.90. The molecule has 2 aromatic rings. The Morgan fingerprint density at radius 3 is 2.70 bits per heavy atom. The van der Waals surface area contributed by atoms with Crippen molar-refractivity contribution in [3.8, 4) is 0 Å². The minimum Gasteiger partial charge on any atom is -0.364 e. The zero-order chi connectivity index (χ0) is 16.0. The first-order valence-corrected chi connectivity index (χ1v) is 7.86. The van der Waals surface area contributed by atoms with Crippen molar-refractivity contribution in [1.29, 1.82) is 0 Å². The van der Waals surface area contributed by atoms with Crippen LogP contribution >= 0.6 is 0 Å². The van der Waals surface area contributed by atoms with Crippen LogP contribution in [0.25, 0.3) is 10.8 Å². The molecule has 2 aliphatic heterocycles. The molecule has 3 nitrogen and oxygen atoms in total. The van der Waals surface area contributed by atoms with Gasteiger partial charge in [-0.15, -0.1) is 0 Å². The molecule has 0 radical (unpaired) electrons. The Bertz CT molecular complexity index is 918. The van der Waals surface area contributed by atoms with Crippen LogP contribution in [0, 0.1) is 0 Å². The zero-order valence-electron chi connectivity index (χ0n) is 13.3. The van der Waals surface area contributed by atoms with Crippen molar-refractivity contribution in [2.24, 2.45) is 4.99 Å². The Labute approximate surface area is 135 Å². The molecule has 0 spiro atoms. The number of allylic oxidation sites excluding steroid dienone is 3. The van der Waals surface area contributed by atoms with E-state index < -0.39 is 0 Å². The second kappa shape index (κ2) is 5.20. The quantitative estimate of drug-likeness (QED) is 0.871. The van der Waals surface area contributed by atoms with Crippen LogP contribution in [0.2, 0.25) is 0 Å². The van der Waals surface area contributed by atoms with E-state index in [4.69, 9.17) is 4.99 Å². The Kier molecular flexibility index (Phi) is 3.15.